The third-order valence-corrected chi connectivity index (χ3v) is 2.61. The van der Waals surface area contributed by atoms with E-state index in [1.807, 2.05) is 6.07 Å². The van der Waals surface area contributed by atoms with Crippen LogP contribution < -0.4 is 26.5 Å². The van der Waals surface area contributed by atoms with Crippen LogP contribution in [0.3, 0.4) is 0 Å². The molecule has 1 atom stereocenters. The average Bonchev–Trinajstić information content (AvgIpc) is 2.76. The van der Waals surface area contributed by atoms with Gasteiger partial charge in [-0.2, -0.15) is 10.2 Å². The van der Waals surface area contributed by atoms with E-state index in [2.05, 4.69) is 15.6 Å². The number of nitrogens with zero attached hydrogens (tertiary/aromatic N) is 3. The van der Waals surface area contributed by atoms with E-state index in [-0.39, 0.29) is 0 Å². The number of hydrogen-bond acceptors (Lipinski definition) is 8. The van der Waals surface area contributed by atoms with Crippen molar-refractivity contribution in [2.45, 2.75) is 6.17 Å². The Morgan fingerprint density at radius 2 is 2.05 bits per heavy atom. The lowest BCUT2D eigenvalue weighted by atomic mass is 10.3. The molecule has 0 aliphatic carbocycles. The molecule has 8 heteroatoms. The first kappa shape index (κ1) is 13.1. The number of hydrogen-bond donors (Lipinski definition) is 3. The molecule has 0 aromatic heterocycles. The summed E-state index contributed by atoms with van der Waals surface area (Å²) in [6.07, 6.45) is 0.950. The zero-order chi connectivity index (χ0) is 13.8. The van der Waals surface area contributed by atoms with Crippen molar-refractivity contribution in [3.63, 3.8) is 0 Å². The van der Waals surface area contributed by atoms with Crippen molar-refractivity contribution in [1.29, 1.82) is 0 Å². The first-order valence-corrected chi connectivity index (χ1v) is 5.55. The molecule has 1 aromatic rings. The second kappa shape index (κ2) is 5.55. The van der Waals surface area contributed by atoms with Crippen LogP contribution in [0.1, 0.15) is 0 Å². The molecule has 0 spiro atoms. The van der Waals surface area contributed by atoms with Gasteiger partial charge in [0.15, 0.2) is 17.7 Å². The highest BCUT2D eigenvalue weighted by Crippen LogP contribution is 2.29. The average molecular weight is 264 g/mol. The second-order valence-electron chi connectivity index (χ2n) is 3.79. The lowest BCUT2D eigenvalue weighted by Gasteiger charge is -2.13. The van der Waals surface area contributed by atoms with E-state index in [0.717, 1.165) is 10.8 Å². The standard InChI is InChI=1S/C11H16N6O2/c1-18-9-4-3-7(5-10(9)19-2)15-16-8-6-14-17(13)11(8)12/h3-6,11,15H,12-13H2,1-2H3. The number of methoxy groups -OCH3 is 2. The molecule has 1 aliphatic heterocycles. The maximum atomic E-state index is 5.75. The summed E-state index contributed by atoms with van der Waals surface area (Å²) >= 11 is 0. The summed E-state index contributed by atoms with van der Waals surface area (Å²) in [5.74, 6) is 6.74. The summed E-state index contributed by atoms with van der Waals surface area (Å²) in [6, 6.07) is 5.35. The van der Waals surface area contributed by atoms with Crippen LogP contribution in [0.5, 0.6) is 11.5 Å². The van der Waals surface area contributed by atoms with E-state index in [9.17, 15) is 0 Å². The van der Waals surface area contributed by atoms with E-state index in [4.69, 9.17) is 21.1 Å². The molecule has 102 valence electrons. The molecule has 0 saturated heterocycles. The fourth-order valence-electron chi connectivity index (χ4n) is 1.54. The third-order valence-electron chi connectivity index (χ3n) is 2.61. The molecular formula is C11H16N6O2. The summed E-state index contributed by atoms with van der Waals surface area (Å²) < 4.78 is 10.3. The number of rotatable bonds is 4. The Labute approximate surface area is 110 Å². The molecule has 0 bridgehead atoms. The van der Waals surface area contributed by atoms with E-state index >= 15 is 0 Å². The van der Waals surface area contributed by atoms with Gasteiger partial charge in [0.2, 0.25) is 0 Å². The van der Waals surface area contributed by atoms with Gasteiger partial charge in [0.1, 0.15) is 5.71 Å². The van der Waals surface area contributed by atoms with E-state index in [1.54, 1.807) is 26.4 Å². The summed E-state index contributed by atoms with van der Waals surface area (Å²) in [4.78, 5) is 0. The molecule has 1 aromatic carbocycles. The smallest absolute Gasteiger partial charge is 0.162 e. The predicted molar refractivity (Wildman–Crippen MR) is 73.1 cm³/mol. The monoisotopic (exact) mass is 264 g/mol. The zero-order valence-electron chi connectivity index (χ0n) is 10.7. The van der Waals surface area contributed by atoms with Crippen molar-refractivity contribution in [2.24, 2.45) is 21.8 Å². The molecule has 5 N–H and O–H groups in total. The van der Waals surface area contributed by atoms with Gasteiger partial charge < -0.3 is 15.2 Å². The highest BCUT2D eigenvalue weighted by atomic mass is 16.5. The van der Waals surface area contributed by atoms with Crippen LogP contribution in [0.2, 0.25) is 0 Å². The molecule has 1 aliphatic rings. The number of benzene rings is 1. The Balaban J connectivity index is 2.12. The quantitative estimate of drug-likeness (QED) is 0.518. The molecular weight excluding hydrogens is 248 g/mol. The second-order valence-corrected chi connectivity index (χ2v) is 3.79. The first-order chi connectivity index (χ1) is 9.15. The van der Waals surface area contributed by atoms with Crippen LogP contribution in [-0.2, 0) is 0 Å². The van der Waals surface area contributed by atoms with Crippen molar-refractivity contribution >= 4 is 17.6 Å². The first-order valence-electron chi connectivity index (χ1n) is 5.55. The SMILES string of the molecule is COc1ccc(NN=C2C=NN(N)C2N)cc1OC. The number of nitrogens with one attached hydrogen (secondary N) is 1. The summed E-state index contributed by atoms with van der Waals surface area (Å²) in [6.45, 7) is 0. The van der Waals surface area contributed by atoms with Crippen LogP contribution in [0.4, 0.5) is 5.69 Å². The lowest BCUT2D eigenvalue weighted by molar-refractivity contribution is 0.280. The normalized spacial score (nSPS) is 19.9. The zero-order valence-corrected chi connectivity index (χ0v) is 10.7. The van der Waals surface area contributed by atoms with Gasteiger partial charge in [-0.1, -0.05) is 0 Å². The minimum absolute atomic E-state index is 0.539. The number of nitrogens with two attached hydrogens (primary N) is 2. The van der Waals surface area contributed by atoms with Crippen LogP contribution in [0, 0.1) is 0 Å². The molecule has 0 saturated carbocycles. The van der Waals surface area contributed by atoms with Gasteiger partial charge >= 0.3 is 0 Å². The molecule has 8 nitrogen and oxygen atoms in total. The molecule has 1 heterocycles. The van der Waals surface area contributed by atoms with Gasteiger partial charge in [-0.3, -0.25) is 5.43 Å². The van der Waals surface area contributed by atoms with Gasteiger partial charge in [-0.05, 0) is 12.1 Å². The Morgan fingerprint density at radius 3 is 2.63 bits per heavy atom. The highest BCUT2D eigenvalue weighted by Gasteiger charge is 2.20. The predicted octanol–water partition coefficient (Wildman–Crippen LogP) is -0.0684. The van der Waals surface area contributed by atoms with Crippen molar-refractivity contribution in [1.82, 2.24) is 5.12 Å². The van der Waals surface area contributed by atoms with Gasteiger partial charge in [-0.25, -0.2) is 11.0 Å². The molecule has 19 heavy (non-hydrogen) atoms. The minimum atomic E-state index is -0.548. The van der Waals surface area contributed by atoms with E-state index in [0.29, 0.717) is 17.2 Å². The molecule has 1 unspecified atom stereocenters. The largest absolute Gasteiger partial charge is 0.493 e. The van der Waals surface area contributed by atoms with Crippen molar-refractivity contribution < 1.29 is 9.47 Å². The number of ether oxygens (including phenoxy) is 2. The van der Waals surface area contributed by atoms with E-state index in [1.165, 1.54) is 6.21 Å². The van der Waals surface area contributed by atoms with Gasteiger partial charge in [0.25, 0.3) is 0 Å². The number of anilines is 1. The maximum absolute atomic E-state index is 5.75. The number of hydrazine groups is 1. The van der Waals surface area contributed by atoms with Crippen molar-refractivity contribution in [3.8, 4) is 11.5 Å². The Kier molecular flexibility index (Phi) is 3.83. The van der Waals surface area contributed by atoms with Gasteiger partial charge in [0, 0.05) is 6.07 Å². The Hall–Kier alpha value is -2.32. The van der Waals surface area contributed by atoms with Crippen LogP contribution >= 0.6 is 0 Å². The Morgan fingerprint density at radius 1 is 1.32 bits per heavy atom. The topological polar surface area (TPSA) is 110 Å². The summed E-state index contributed by atoms with van der Waals surface area (Å²) in [5.41, 5.74) is 9.89. The maximum Gasteiger partial charge on any atom is 0.162 e. The lowest BCUT2D eigenvalue weighted by Crippen LogP contribution is -2.44. The Bertz CT molecular complexity index is 516. The number of hydrazone groups is 2. The molecule has 0 fully saturated rings. The van der Waals surface area contributed by atoms with Crippen LogP contribution in [-0.4, -0.2) is 37.4 Å². The van der Waals surface area contributed by atoms with Gasteiger partial charge in [0.05, 0.1) is 26.1 Å². The van der Waals surface area contributed by atoms with Crippen LogP contribution in [0.25, 0.3) is 0 Å². The highest BCUT2D eigenvalue weighted by molar-refractivity contribution is 6.34. The fraction of sp³-hybridized carbons (Fsp3) is 0.273. The van der Waals surface area contributed by atoms with Crippen molar-refractivity contribution in [3.05, 3.63) is 18.2 Å². The molecule has 0 radical (unpaired) electrons. The fourth-order valence-corrected chi connectivity index (χ4v) is 1.54. The minimum Gasteiger partial charge on any atom is -0.493 e. The molecule has 2 rings (SSSR count). The van der Waals surface area contributed by atoms with Gasteiger partial charge in [-0.15, -0.1) is 0 Å². The van der Waals surface area contributed by atoms with E-state index < -0.39 is 6.17 Å². The summed E-state index contributed by atoms with van der Waals surface area (Å²) in [7, 11) is 3.15. The molecule has 0 amide bonds. The third kappa shape index (κ3) is 2.75. The summed E-state index contributed by atoms with van der Waals surface area (Å²) in [5, 5.41) is 9.08. The van der Waals surface area contributed by atoms with Crippen LogP contribution in [0.15, 0.2) is 28.4 Å². The van der Waals surface area contributed by atoms with Crippen molar-refractivity contribution in [2.75, 3.05) is 19.6 Å².